The van der Waals surface area contributed by atoms with Crippen LogP contribution in [-0.2, 0) is 20.9 Å². The van der Waals surface area contributed by atoms with Gasteiger partial charge >= 0.3 is 5.97 Å². The van der Waals surface area contributed by atoms with E-state index in [1.54, 1.807) is 31.4 Å². The summed E-state index contributed by atoms with van der Waals surface area (Å²) in [7, 11) is 1.55. The quantitative estimate of drug-likeness (QED) is 0.799. The zero-order valence-electron chi connectivity index (χ0n) is 14.1. The smallest absolute Gasteiger partial charge is 0.305 e. The molecule has 1 aliphatic heterocycles. The van der Waals surface area contributed by atoms with E-state index in [1.165, 1.54) is 9.70 Å². The number of rotatable bonds is 6. The van der Waals surface area contributed by atoms with Crippen LogP contribution in [0.15, 0.2) is 24.3 Å². The summed E-state index contributed by atoms with van der Waals surface area (Å²) >= 11 is 5.86. The molecule has 0 spiro atoms. The van der Waals surface area contributed by atoms with E-state index in [2.05, 4.69) is 15.4 Å². The van der Waals surface area contributed by atoms with Crippen molar-refractivity contribution in [2.45, 2.75) is 31.5 Å². The van der Waals surface area contributed by atoms with Crippen LogP contribution < -0.4 is 0 Å². The molecule has 138 valence electrons. The molecular weight excluding hydrogens is 362 g/mol. The van der Waals surface area contributed by atoms with E-state index in [-0.39, 0.29) is 25.0 Å². The fourth-order valence-corrected chi connectivity index (χ4v) is 3.11. The molecule has 2 heterocycles. The first kappa shape index (κ1) is 18.3. The maximum absolute atomic E-state index is 12.6. The average molecular weight is 380 g/mol. The molecule has 26 heavy (non-hydrogen) atoms. The van der Waals surface area contributed by atoms with Gasteiger partial charge in [-0.15, -0.1) is 10.2 Å². The predicted octanol–water partition coefficient (Wildman–Crippen LogP) is 1.08. The molecule has 1 fully saturated rings. The molecule has 3 rings (SSSR count). The van der Waals surface area contributed by atoms with Gasteiger partial charge in [0.2, 0.25) is 11.7 Å². The summed E-state index contributed by atoms with van der Waals surface area (Å²) in [5.74, 6) is -0.836. The molecule has 1 amide bonds. The number of carboxylic acid groups (broad SMARTS) is 1. The molecule has 1 saturated heterocycles. The number of carbonyl (C=O) groups excluding carboxylic acids is 1. The van der Waals surface area contributed by atoms with E-state index in [0.717, 1.165) is 5.56 Å². The molecule has 1 aromatic carbocycles. The summed E-state index contributed by atoms with van der Waals surface area (Å²) in [6.07, 6.45) is 0.207. The second kappa shape index (κ2) is 7.79. The van der Waals surface area contributed by atoms with Crippen molar-refractivity contribution in [3.63, 3.8) is 0 Å². The minimum absolute atomic E-state index is 0.118. The fourth-order valence-electron chi connectivity index (χ4n) is 2.98. The molecule has 10 heteroatoms. The number of hydrogen-bond acceptors (Lipinski definition) is 6. The van der Waals surface area contributed by atoms with Gasteiger partial charge in [-0.2, -0.15) is 4.80 Å². The molecule has 1 aromatic heterocycles. The van der Waals surface area contributed by atoms with Crippen molar-refractivity contribution < 1.29 is 19.4 Å². The van der Waals surface area contributed by atoms with Crippen LogP contribution in [0.1, 0.15) is 12.8 Å². The number of halogens is 1. The molecular formula is C16H18ClN5O4. The Morgan fingerprint density at radius 3 is 2.73 bits per heavy atom. The number of aromatic nitrogens is 4. The fraction of sp³-hybridized carbons (Fsp3) is 0.438. The van der Waals surface area contributed by atoms with Gasteiger partial charge in [-0.3, -0.25) is 9.59 Å². The van der Waals surface area contributed by atoms with Gasteiger partial charge in [0.25, 0.3) is 0 Å². The van der Waals surface area contributed by atoms with Crippen LogP contribution in [0.25, 0.3) is 11.4 Å². The minimum Gasteiger partial charge on any atom is -0.481 e. The Morgan fingerprint density at radius 2 is 2.08 bits per heavy atom. The molecule has 0 aliphatic carbocycles. The van der Waals surface area contributed by atoms with Gasteiger partial charge in [-0.25, -0.2) is 0 Å². The van der Waals surface area contributed by atoms with Crippen LogP contribution >= 0.6 is 11.6 Å². The maximum atomic E-state index is 12.6. The van der Waals surface area contributed by atoms with E-state index >= 15 is 0 Å². The van der Waals surface area contributed by atoms with E-state index in [0.29, 0.717) is 23.8 Å². The summed E-state index contributed by atoms with van der Waals surface area (Å²) in [5, 5.41) is 21.7. The summed E-state index contributed by atoms with van der Waals surface area (Å²) < 4.78 is 5.28. The van der Waals surface area contributed by atoms with Crippen molar-refractivity contribution >= 4 is 23.5 Å². The molecule has 1 aliphatic rings. The number of carbonyl (C=O) groups is 2. The van der Waals surface area contributed by atoms with Crippen LogP contribution in [-0.4, -0.2) is 67.9 Å². The largest absolute Gasteiger partial charge is 0.481 e. The third kappa shape index (κ3) is 4.17. The lowest BCUT2D eigenvalue weighted by atomic mass is 10.1. The topological polar surface area (TPSA) is 110 Å². The van der Waals surface area contributed by atoms with E-state index in [9.17, 15) is 9.59 Å². The second-order valence-corrected chi connectivity index (χ2v) is 6.48. The standard InChI is InChI=1S/C16H18ClN5O4/c1-26-13-6-12(7-15(24)25)21(8-13)14(23)9-22-19-16(18-20-22)10-2-4-11(17)5-3-10/h2-5,12-13H,6-9H2,1H3,(H,24,25). The van der Waals surface area contributed by atoms with Crippen molar-refractivity contribution in [2.24, 2.45) is 0 Å². The van der Waals surface area contributed by atoms with Gasteiger partial charge in [-0.05, 0) is 35.9 Å². The van der Waals surface area contributed by atoms with E-state index < -0.39 is 12.0 Å². The number of methoxy groups -OCH3 is 1. The maximum Gasteiger partial charge on any atom is 0.305 e. The van der Waals surface area contributed by atoms with E-state index in [1.807, 2.05) is 0 Å². The number of carboxylic acids is 1. The number of amides is 1. The van der Waals surface area contributed by atoms with Crippen LogP contribution in [0.3, 0.4) is 0 Å². The molecule has 2 aromatic rings. The lowest BCUT2D eigenvalue weighted by Gasteiger charge is -2.22. The van der Waals surface area contributed by atoms with Crippen molar-refractivity contribution in [2.75, 3.05) is 13.7 Å². The average Bonchev–Trinajstić information content (AvgIpc) is 3.22. The molecule has 9 nitrogen and oxygen atoms in total. The number of likely N-dealkylation sites (tertiary alicyclic amines) is 1. The Hall–Kier alpha value is -2.52. The van der Waals surface area contributed by atoms with Gasteiger partial charge in [-0.1, -0.05) is 11.6 Å². The highest BCUT2D eigenvalue weighted by atomic mass is 35.5. The Morgan fingerprint density at radius 1 is 1.35 bits per heavy atom. The van der Waals surface area contributed by atoms with Crippen LogP contribution in [0.2, 0.25) is 5.02 Å². The van der Waals surface area contributed by atoms with Crippen LogP contribution in [0, 0.1) is 0 Å². The zero-order chi connectivity index (χ0) is 18.7. The van der Waals surface area contributed by atoms with Gasteiger partial charge in [0, 0.05) is 30.3 Å². The van der Waals surface area contributed by atoms with Gasteiger partial charge in [0.15, 0.2) is 0 Å². The molecule has 0 radical (unpaired) electrons. The van der Waals surface area contributed by atoms with Gasteiger partial charge in [0.05, 0.1) is 12.5 Å². The normalized spacial score (nSPS) is 19.7. The number of hydrogen-bond donors (Lipinski definition) is 1. The summed E-state index contributed by atoms with van der Waals surface area (Å²) in [5.41, 5.74) is 0.734. The van der Waals surface area contributed by atoms with Gasteiger partial charge in [0.1, 0.15) is 6.54 Å². The summed E-state index contributed by atoms with van der Waals surface area (Å²) in [6, 6.07) is 6.56. The monoisotopic (exact) mass is 379 g/mol. The summed E-state index contributed by atoms with van der Waals surface area (Å²) in [4.78, 5) is 26.3. The first-order valence-corrected chi connectivity index (χ1v) is 8.42. The van der Waals surface area contributed by atoms with Crippen molar-refractivity contribution in [1.29, 1.82) is 0 Å². The van der Waals surface area contributed by atoms with E-state index in [4.69, 9.17) is 21.4 Å². The Labute approximate surface area is 154 Å². The molecule has 2 atom stereocenters. The Kier molecular flexibility index (Phi) is 5.48. The van der Waals surface area contributed by atoms with Crippen LogP contribution in [0.5, 0.6) is 0 Å². The summed E-state index contributed by atoms with van der Waals surface area (Å²) in [6.45, 7) is 0.235. The second-order valence-electron chi connectivity index (χ2n) is 6.04. The van der Waals surface area contributed by atoms with Crippen molar-refractivity contribution in [1.82, 2.24) is 25.1 Å². The van der Waals surface area contributed by atoms with Crippen molar-refractivity contribution in [3.05, 3.63) is 29.3 Å². The third-order valence-electron chi connectivity index (χ3n) is 4.27. The first-order chi connectivity index (χ1) is 12.5. The van der Waals surface area contributed by atoms with Gasteiger partial charge < -0.3 is 14.7 Å². The highest BCUT2D eigenvalue weighted by Crippen LogP contribution is 2.23. The highest BCUT2D eigenvalue weighted by molar-refractivity contribution is 6.30. The number of benzene rings is 1. The molecule has 0 saturated carbocycles. The first-order valence-electron chi connectivity index (χ1n) is 8.04. The molecule has 1 N–H and O–H groups in total. The minimum atomic E-state index is -0.951. The Bertz CT molecular complexity index is 794. The van der Waals surface area contributed by atoms with Crippen LogP contribution in [0.4, 0.5) is 0 Å². The lowest BCUT2D eigenvalue weighted by Crippen LogP contribution is -2.39. The Balaban J connectivity index is 1.69. The zero-order valence-corrected chi connectivity index (χ0v) is 14.8. The highest BCUT2D eigenvalue weighted by Gasteiger charge is 2.36. The predicted molar refractivity (Wildman–Crippen MR) is 91.4 cm³/mol. The number of tetrazole rings is 1. The number of aliphatic carboxylic acids is 1. The number of nitrogens with zero attached hydrogens (tertiary/aromatic N) is 5. The molecule has 2 unspecified atom stereocenters. The number of ether oxygens (including phenoxy) is 1. The molecule has 0 bridgehead atoms. The SMILES string of the molecule is COC1CC(CC(=O)O)N(C(=O)Cn2nnc(-c3ccc(Cl)cc3)n2)C1. The third-order valence-corrected chi connectivity index (χ3v) is 4.52. The van der Waals surface area contributed by atoms with Crippen molar-refractivity contribution in [3.8, 4) is 11.4 Å². The lowest BCUT2D eigenvalue weighted by molar-refractivity contribution is -0.140.